The van der Waals surface area contributed by atoms with Gasteiger partial charge in [-0.3, -0.25) is 0 Å². The maximum atomic E-state index is 10.6. The van der Waals surface area contributed by atoms with Crippen LogP contribution in [0.5, 0.6) is 5.75 Å². The molecule has 3 nitrogen and oxygen atoms in total. The molecule has 0 saturated carbocycles. The van der Waals surface area contributed by atoms with Gasteiger partial charge in [-0.25, -0.2) is 0 Å². The number of hydrogen-bond donors (Lipinski definition) is 1. The Bertz CT molecular complexity index is 961. The van der Waals surface area contributed by atoms with Crippen LogP contribution in [-0.2, 0) is 10.2 Å². The maximum Gasteiger partial charge on any atom is 0.122 e. The fourth-order valence-corrected chi connectivity index (χ4v) is 5.19. The zero-order valence-electron chi connectivity index (χ0n) is 22.1. The molecule has 0 unspecified atom stereocenters. The predicted molar refractivity (Wildman–Crippen MR) is 143 cm³/mol. The Labute approximate surface area is 207 Å². The first kappa shape index (κ1) is 26.5. The SMILES string of the molecule is CCC(O)(/C=C/c1ccc(C(CC)(CC)c2ccc(OC[C@H]3CCCO3)c(C)c2)cc1C)CC. The Morgan fingerprint density at radius 2 is 1.59 bits per heavy atom. The summed E-state index contributed by atoms with van der Waals surface area (Å²) in [6, 6.07) is 13.5. The van der Waals surface area contributed by atoms with Gasteiger partial charge in [-0.2, -0.15) is 0 Å². The first-order chi connectivity index (χ1) is 16.3. The summed E-state index contributed by atoms with van der Waals surface area (Å²) in [7, 11) is 0. The van der Waals surface area contributed by atoms with Gasteiger partial charge in [0, 0.05) is 12.0 Å². The summed E-state index contributed by atoms with van der Waals surface area (Å²) >= 11 is 0. The molecule has 1 aliphatic heterocycles. The highest BCUT2D eigenvalue weighted by Crippen LogP contribution is 2.41. The lowest BCUT2D eigenvalue weighted by Crippen LogP contribution is -2.26. The molecule has 1 N–H and O–H groups in total. The van der Waals surface area contributed by atoms with Gasteiger partial charge < -0.3 is 14.6 Å². The number of rotatable bonds is 11. The Morgan fingerprint density at radius 1 is 0.941 bits per heavy atom. The van der Waals surface area contributed by atoms with Gasteiger partial charge in [0.2, 0.25) is 0 Å². The number of aryl methyl sites for hydroxylation is 2. The van der Waals surface area contributed by atoms with Crippen molar-refractivity contribution in [1.29, 1.82) is 0 Å². The Balaban J connectivity index is 1.87. The van der Waals surface area contributed by atoms with E-state index in [2.05, 4.69) is 70.2 Å². The van der Waals surface area contributed by atoms with Crippen LogP contribution in [0.25, 0.3) is 6.08 Å². The largest absolute Gasteiger partial charge is 0.491 e. The minimum Gasteiger partial charge on any atom is -0.491 e. The molecule has 3 rings (SSSR count). The molecular formula is C31H44O3. The molecule has 0 spiro atoms. The molecule has 0 amide bonds. The van der Waals surface area contributed by atoms with Gasteiger partial charge in [0.1, 0.15) is 12.4 Å². The molecular weight excluding hydrogens is 420 g/mol. The third-order valence-corrected chi connectivity index (χ3v) is 8.00. The highest BCUT2D eigenvalue weighted by atomic mass is 16.5. The van der Waals surface area contributed by atoms with E-state index in [0.29, 0.717) is 6.61 Å². The lowest BCUT2D eigenvalue weighted by molar-refractivity contribution is 0.0677. The van der Waals surface area contributed by atoms with Crippen LogP contribution in [0.1, 0.15) is 94.0 Å². The van der Waals surface area contributed by atoms with Gasteiger partial charge in [-0.1, -0.05) is 70.2 Å². The van der Waals surface area contributed by atoms with Gasteiger partial charge in [0.05, 0.1) is 11.7 Å². The van der Waals surface area contributed by atoms with Gasteiger partial charge >= 0.3 is 0 Å². The summed E-state index contributed by atoms with van der Waals surface area (Å²) in [6.45, 7) is 14.4. The van der Waals surface area contributed by atoms with E-state index in [4.69, 9.17) is 9.47 Å². The van der Waals surface area contributed by atoms with Gasteiger partial charge in [0.25, 0.3) is 0 Å². The second-order valence-electron chi connectivity index (χ2n) is 9.93. The van der Waals surface area contributed by atoms with E-state index >= 15 is 0 Å². The monoisotopic (exact) mass is 464 g/mol. The quantitative estimate of drug-likeness (QED) is 0.373. The van der Waals surface area contributed by atoms with Crippen molar-refractivity contribution in [3.63, 3.8) is 0 Å². The van der Waals surface area contributed by atoms with Gasteiger partial charge in [-0.05, 0) is 86.3 Å². The molecule has 2 aromatic rings. The van der Waals surface area contributed by atoms with E-state index in [0.717, 1.165) is 50.9 Å². The molecule has 0 radical (unpaired) electrons. The summed E-state index contributed by atoms with van der Waals surface area (Å²) in [5, 5.41) is 10.6. The smallest absolute Gasteiger partial charge is 0.122 e. The average Bonchev–Trinajstić information content (AvgIpc) is 3.37. The van der Waals surface area contributed by atoms with E-state index in [1.165, 1.54) is 27.8 Å². The molecule has 186 valence electrons. The molecule has 0 aromatic heterocycles. The summed E-state index contributed by atoms with van der Waals surface area (Å²) in [5.74, 6) is 0.955. The minimum absolute atomic E-state index is 0.0432. The predicted octanol–water partition coefficient (Wildman–Crippen LogP) is 7.53. The van der Waals surface area contributed by atoms with Crippen molar-refractivity contribution >= 4 is 6.08 Å². The van der Waals surface area contributed by atoms with Crippen LogP contribution in [0.15, 0.2) is 42.5 Å². The molecule has 1 fully saturated rings. The second-order valence-corrected chi connectivity index (χ2v) is 9.93. The second kappa shape index (κ2) is 11.6. The molecule has 1 atom stereocenters. The third kappa shape index (κ3) is 5.75. The van der Waals surface area contributed by atoms with Crippen LogP contribution in [0, 0.1) is 13.8 Å². The summed E-state index contributed by atoms with van der Waals surface area (Å²) in [4.78, 5) is 0. The van der Waals surface area contributed by atoms with E-state index < -0.39 is 5.60 Å². The number of hydrogen-bond acceptors (Lipinski definition) is 3. The first-order valence-corrected chi connectivity index (χ1v) is 13.2. The summed E-state index contributed by atoms with van der Waals surface area (Å²) in [6.07, 6.45) is 9.98. The zero-order chi connectivity index (χ0) is 24.8. The Kier molecular flexibility index (Phi) is 9.01. The molecule has 0 aliphatic carbocycles. The van der Waals surface area contributed by atoms with E-state index in [1.807, 2.05) is 19.9 Å². The summed E-state index contributed by atoms with van der Waals surface area (Å²) in [5.41, 5.74) is 5.50. The molecule has 3 heteroatoms. The lowest BCUT2D eigenvalue weighted by atomic mass is 9.70. The van der Waals surface area contributed by atoms with Crippen LogP contribution in [0.4, 0.5) is 0 Å². The number of ether oxygens (including phenoxy) is 2. The fourth-order valence-electron chi connectivity index (χ4n) is 5.19. The first-order valence-electron chi connectivity index (χ1n) is 13.2. The minimum atomic E-state index is -0.729. The van der Waals surface area contributed by atoms with Crippen molar-refractivity contribution in [2.75, 3.05) is 13.2 Å². The normalized spacial score (nSPS) is 17.0. The van der Waals surface area contributed by atoms with E-state index in [1.54, 1.807) is 0 Å². The Morgan fingerprint density at radius 3 is 2.12 bits per heavy atom. The number of aliphatic hydroxyl groups is 1. The van der Waals surface area contributed by atoms with Crippen molar-refractivity contribution in [2.45, 2.75) is 97.2 Å². The third-order valence-electron chi connectivity index (χ3n) is 8.00. The molecule has 1 heterocycles. The van der Waals surface area contributed by atoms with Crippen molar-refractivity contribution in [3.05, 3.63) is 70.3 Å². The standard InChI is InChI=1S/C31H44O3/c1-7-30(32,8-2)18-17-25-13-14-26(20-23(25)5)31(9-3,10-4)27-15-16-29(24(6)21-27)34-22-28-12-11-19-33-28/h13-18,20-21,28,32H,7-12,19,22H2,1-6H3/b18-17+/t28-/m1/s1. The van der Waals surface area contributed by atoms with Crippen molar-refractivity contribution in [3.8, 4) is 5.75 Å². The molecule has 1 aliphatic rings. The summed E-state index contributed by atoms with van der Waals surface area (Å²) < 4.78 is 11.8. The van der Waals surface area contributed by atoms with Gasteiger partial charge in [-0.15, -0.1) is 0 Å². The fraction of sp³-hybridized carbons (Fsp3) is 0.548. The topological polar surface area (TPSA) is 38.7 Å². The van der Waals surface area contributed by atoms with Crippen molar-refractivity contribution < 1.29 is 14.6 Å². The van der Waals surface area contributed by atoms with Crippen LogP contribution in [0.2, 0.25) is 0 Å². The van der Waals surface area contributed by atoms with Crippen LogP contribution >= 0.6 is 0 Å². The van der Waals surface area contributed by atoms with E-state index in [-0.39, 0.29) is 11.5 Å². The molecule has 34 heavy (non-hydrogen) atoms. The number of benzene rings is 2. The van der Waals surface area contributed by atoms with Crippen LogP contribution in [0.3, 0.4) is 0 Å². The van der Waals surface area contributed by atoms with Crippen LogP contribution in [-0.4, -0.2) is 30.0 Å². The van der Waals surface area contributed by atoms with E-state index in [9.17, 15) is 5.11 Å². The maximum absolute atomic E-state index is 10.6. The molecule has 0 bridgehead atoms. The molecule has 2 aromatic carbocycles. The average molecular weight is 465 g/mol. The van der Waals surface area contributed by atoms with Crippen molar-refractivity contribution in [2.24, 2.45) is 0 Å². The van der Waals surface area contributed by atoms with Gasteiger partial charge in [0.15, 0.2) is 0 Å². The van der Waals surface area contributed by atoms with Crippen LogP contribution < -0.4 is 4.74 Å². The van der Waals surface area contributed by atoms with Crippen molar-refractivity contribution in [1.82, 2.24) is 0 Å². The highest BCUT2D eigenvalue weighted by molar-refractivity contribution is 5.57. The lowest BCUT2D eigenvalue weighted by Gasteiger charge is -2.34. The molecule has 1 saturated heterocycles. The Hall–Kier alpha value is -2.10. The zero-order valence-corrected chi connectivity index (χ0v) is 22.1. The highest BCUT2D eigenvalue weighted by Gasteiger charge is 2.31.